The summed E-state index contributed by atoms with van der Waals surface area (Å²) in [5, 5.41) is 6.18. The van der Waals surface area contributed by atoms with E-state index in [2.05, 4.69) is 48.5 Å². The van der Waals surface area contributed by atoms with E-state index in [1.165, 1.54) is 26.9 Å². The lowest BCUT2D eigenvalue weighted by Gasteiger charge is -2.05. The Morgan fingerprint density at radius 1 is 0.529 bits per heavy atom. The Kier molecular flexibility index (Phi) is 1.61. The van der Waals surface area contributed by atoms with Crippen LogP contribution in [0.15, 0.2) is 65.3 Å². The standard InChI is InChI=1S/C16H10O/c1-2-7-13-11(5-1)12-6-3-4-8-14(12)16-15(13)9-10-17-16/h1-10H. The van der Waals surface area contributed by atoms with Gasteiger partial charge in [0.25, 0.3) is 0 Å². The molecule has 0 saturated heterocycles. The summed E-state index contributed by atoms with van der Waals surface area (Å²) < 4.78 is 5.64. The molecule has 1 heteroatoms. The molecular formula is C16H10O. The first-order chi connectivity index (χ1) is 8.45. The van der Waals surface area contributed by atoms with Crippen molar-refractivity contribution in [3.63, 3.8) is 0 Å². The lowest BCUT2D eigenvalue weighted by atomic mass is 9.99. The van der Waals surface area contributed by atoms with E-state index in [0.29, 0.717) is 0 Å². The highest BCUT2D eigenvalue weighted by atomic mass is 16.3. The molecule has 0 radical (unpaired) electrons. The number of benzene rings is 3. The summed E-state index contributed by atoms with van der Waals surface area (Å²) in [5.41, 5.74) is 0.985. The Bertz CT molecular complexity index is 770. The zero-order chi connectivity index (χ0) is 11.2. The van der Waals surface area contributed by atoms with Gasteiger partial charge in [0.05, 0.1) is 6.26 Å². The fourth-order valence-electron chi connectivity index (χ4n) is 2.60. The molecule has 17 heavy (non-hydrogen) atoms. The van der Waals surface area contributed by atoms with E-state index >= 15 is 0 Å². The predicted octanol–water partition coefficient (Wildman–Crippen LogP) is 4.74. The van der Waals surface area contributed by atoms with Crippen molar-refractivity contribution in [3.8, 4) is 0 Å². The van der Waals surface area contributed by atoms with Gasteiger partial charge in [-0.1, -0.05) is 48.5 Å². The SMILES string of the molecule is c1ccc2c(c1)c1ccccc1c1occc21. The molecule has 0 atom stereocenters. The van der Waals surface area contributed by atoms with Crippen LogP contribution in [0.5, 0.6) is 0 Å². The largest absolute Gasteiger partial charge is 0.464 e. The van der Waals surface area contributed by atoms with Gasteiger partial charge in [-0.15, -0.1) is 0 Å². The van der Waals surface area contributed by atoms with Crippen LogP contribution in [-0.2, 0) is 0 Å². The summed E-state index contributed by atoms with van der Waals surface area (Å²) >= 11 is 0. The van der Waals surface area contributed by atoms with E-state index in [1.807, 2.05) is 6.07 Å². The minimum Gasteiger partial charge on any atom is -0.464 e. The van der Waals surface area contributed by atoms with Crippen molar-refractivity contribution in [1.29, 1.82) is 0 Å². The molecule has 4 rings (SSSR count). The topological polar surface area (TPSA) is 13.1 Å². The van der Waals surface area contributed by atoms with Gasteiger partial charge in [0, 0.05) is 10.8 Å². The average Bonchev–Trinajstić information content (AvgIpc) is 2.89. The molecule has 0 aliphatic heterocycles. The van der Waals surface area contributed by atoms with Gasteiger partial charge < -0.3 is 4.42 Å². The summed E-state index contributed by atoms with van der Waals surface area (Å²) in [5.74, 6) is 0. The van der Waals surface area contributed by atoms with Crippen LogP contribution < -0.4 is 0 Å². The second kappa shape index (κ2) is 3.11. The third kappa shape index (κ3) is 1.08. The molecule has 1 aromatic heterocycles. The van der Waals surface area contributed by atoms with Gasteiger partial charge in [-0.2, -0.15) is 0 Å². The molecule has 1 nitrogen and oxygen atoms in total. The van der Waals surface area contributed by atoms with Gasteiger partial charge in [0.1, 0.15) is 5.58 Å². The maximum absolute atomic E-state index is 5.64. The van der Waals surface area contributed by atoms with Crippen molar-refractivity contribution in [2.75, 3.05) is 0 Å². The van der Waals surface area contributed by atoms with Crippen molar-refractivity contribution < 1.29 is 4.42 Å². The van der Waals surface area contributed by atoms with Crippen LogP contribution >= 0.6 is 0 Å². The first kappa shape index (κ1) is 8.82. The van der Waals surface area contributed by atoms with Crippen molar-refractivity contribution in [2.45, 2.75) is 0 Å². The van der Waals surface area contributed by atoms with Crippen LogP contribution in [-0.4, -0.2) is 0 Å². The van der Waals surface area contributed by atoms with Gasteiger partial charge in [0.2, 0.25) is 0 Å². The maximum Gasteiger partial charge on any atom is 0.142 e. The van der Waals surface area contributed by atoms with Crippen LogP contribution in [0.4, 0.5) is 0 Å². The van der Waals surface area contributed by atoms with Gasteiger partial charge >= 0.3 is 0 Å². The highest BCUT2D eigenvalue weighted by Crippen LogP contribution is 2.34. The Hall–Kier alpha value is -2.28. The van der Waals surface area contributed by atoms with Crippen LogP contribution in [0.2, 0.25) is 0 Å². The van der Waals surface area contributed by atoms with Crippen LogP contribution in [0, 0.1) is 0 Å². The molecule has 0 spiro atoms. The second-order valence-corrected chi connectivity index (χ2v) is 4.25. The predicted molar refractivity (Wildman–Crippen MR) is 71.2 cm³/mol. The van der Waals surface area contributed by atoms with Crippen molar-refractivity contribution in [1.82, 2.24) is 0 Å². The van der Waals surface area contributed by atoms with Crippen molar-refractivity contribution >= 4 is 32.5 Å². The zero-order valence-electron chi connectivity index (χ0n) is 9.18. The number of rotatable bonds is 0. The van der Waals surface area contributed by atoms with E-state index in [4.69, 9.17) is 4.42 Å². The average molecular weight is 218 g/mol. The molecule has 0 amide bonds. The summed E-state index contributed by atoms with van der Waals surface area (Å²) in [4.78, 5) is 0. The minimum atomic E-state index is 0.985. The van der Waals surface area contributed by atoms with Gasteiger partial charge in [-0.25, -0.2) is 0 Å². The quantitative estimate of drug-likeness (QED) is 0.388. The smallest absolute Gasteiger partial charge is 0.142 e. The fraction of sp³-hybridized carbons (Fsp3) is 0. The molecule has 0 saturated carbocycles. The fourth-order valence-corrected chi connectivity index (χ4v) is 2.60. The molecule has 0 unspecified atom stereocenters. The maximum atomic E-state index is 5.64. The first-order valence-corrected chi connectivity index (χ1v) is 5.72. The van der Waals surface area contributed by atoms with Crippen molar-refractivity contribution in [2.24, 2.45) is 0 Å². The summed E-state index contributed by atoms with van der Waals surface area (Å²) in [6.07, 6.45) is 1.77. The molecule has 0 N–H and O–H groups in total. The number of hydrogen-bond acceptors (Lipinski definition) is 1. The van der Waals surface area contributed by atoms with E-state index in [9.17, 15) is 0 Å². The van der Waals surface area contributed by atoms with E-state index in [1.54, 1.807) is 6.26 Å². The summed E-state index contributed by atoms with van der Waals surface area (Å²) in [7, 11) is 0. The van der Waals surface area contributed by atoms with Crippen molar-refractivity contribution in [3.05, 3.63) is 60.9 Å². The molecule has 1 heterocycles. The number of hydrogen-bond donors (Lipinski definition) is 0. The molecular weight excluding hydrogens is 208 g/mol. The van der Waals surface area contributed by atoms with Crippen LogP contribution in [0.1, 0.15) is 0 Å². The minimum absolute atomic E-state index is 0.985. The van der Waals surface area contributed by atoms with Gasteiger partial charge in [0.15, 0.2) is 0 Å². The summed E-state index contributed by atoms with van der Waals surface area (Å²) in [6.45, 7) is 0. The number of furan rings is 1. The lowest BCUT2D eigenvalue weighted by Crippen LogP contribution is -1.78. The second-order valence-electron chi connectivity index (χ2n) is 4.25. The molecule has 4 aromatic rings. The van der Waals surface area contributed by atoms with E-state index < -0.39 is 0 Å². The monoisotopic (exact) mass is 218 g/mol. The third-order valence-corrected chi connectivity index (χ3v) is 3.34. The summed E-state index contributed by atoms with van der Waals surface area (Å²) in [6, 6.07) is 18.9. The molecule has 0 aliphatic rings. The van der Waals surface area contributed by atoms with Gasteiger partial charge in [-0.3, -0.25) is 0 Å². The molecule has 0 aliphatic carbocycles. The Morgan fingerprint density at radius 2 is 1.00 bits per heavy atom. The zero-order valence-corrected chi connectivity index (χ0v) is 9.18. The highest BCUT2D eigenvalue weighted by molar-refractivity contribution is 6.23. The Labute approximate surface area is 98.3 Å². The Balaban J connectivity index is 2.48. The van der Waals surface area contributed by atoms with E-state index in [-0.39, 0.29) is 0 Å². The third-order valence-electron chi connectivity index (χ3n) is 3.34. The van der Waals surface area contributed by atoms with Gasteiger partial charge in [-0.05, 0) is 22.2 Å². The molecule has 80 valence electrons. The number of fused-ring (bicyclic) bond motifs is 6. The van der Waals surface area contributed by atoms with Crippen LogP contribution in [0.25, 0.3) is 32.5 Å². The Morgan fingerprint density at radius 3 is 1.65 bits per heavy atom. The molecule has 3 aromatic carbocycles. The van der Waals surface area contributed by atoms with E-state index in [0.717, 1.165) is 5.58 Å². The normalized spacial score (nSPS) is 11.5. The lowest BCUT2D eigenvalue weighted by molar-refractivity contribution is 0.619. The van der Waals surface area contributed by atoms with Crippen LogP contribution in [0.3, 0.4) is 0 Å². The first-order valence-electron chi connectivity index (χ1n) is 5.72. The molecule has 0 bridgehead atoms. The highest BCUT2D eigenvalue weighted by Gasteiger charge is 2.09. The molecule has 0 fully saturated rings.